The van der Waals surface area contributed by atoms with Gasteiger partial charge in [-0.15, -0.1) is 0 Å². The van der Waals surface area contributed by atoms with Gasteiger partial charge in [0.25, 0.3) is 5.91 Å². The number of hydrogen-bond acceptors (Lipinski definition) is 6. The normalized spacial score (nSPS) is 12.4. The molecule has 3 aromatic rings. The number of carbonyl (C=O) groups excluding carboxylic acids is 1. The predicted octanol–water partition coefficient (Wildman–Crippen LogP) is 3.01. The van der Waals surface area contributed by atoms with Crippen molar-refractivity contribution in [3.63, 3.8) is 0 Å². The maximum atomic E-state index is 12.5. The molecule has 1 aromatic heterocycles. The lowest BCUT2D eigenvalue weighted by Crippen LogP contribution is -2.26. The van der Waals surface area contributed by atoms with Crippen LogP contribution in [-0.2, 0) is 16.6 Å². The standard InChI is InChI=1S/C21H23N3O5S/c1-13(16-6-10-19(11-7-16)30(22,26)27)23-21(25)17-4-8-18(9-5-17)28-12-20-14(2)24-29-15(20)3/h4-11,13H,12H2,1-3H3,(H,23,25)(H2,22,26,27). The fourth-order valence-electron chi connectivity index (χ4n) is 2.88. The van der Waals surface area contributed by atoms with Crippen LogP contribution < -0.4 is 15.2 Å². The van der Waals surface area contributed by atoms with Crippen molar-refractivity contribution in [3.8, 4) is 5.75 Å². The third kappa shape index (κ3) is 5.05. The van der Waals surface area contributed by atoms with E-state index in [0.717, 1.165) is 22.6 Å². The lowest BCUT2D eigenvalue weighted by Gasteiger charge is -2.15. The Kier molecular flexibility index (Phi) is 6.23. The number of carbonyl (C=O) groups is 1. The number of amides is 1. The highest BCUT2D eigenvalue weighted by Crippen LogP contribution is 2.19. The van der Waals surface area contributed by atoms with Gasteiger partial charge < -0.3 is 14.6 Å². The zero-order valence-electron chi connectivity index (χ0n) is 16.9. The molecule has 0 spiro atoms. The molecule has 0 aliphatic heterocycles. The van der Waals surface area contributed by atoms with Gasteiger partial charge in [-0.3, -0.25) is 4.79 Å². The first kappa shape index (κ1) is 21.5. The summed E-state index contributed by atoms with van der Waals surface area (Å²) in [4.78, 5) is 12.5. The number of primary sulfonamides is 1. The van der Waals surface area contributed by atoms with Gasteiger partial charge in [0.1, 0.15) is 18.1 Å². The average molecular weight is 429 g/mol. The van der Waals surface area contributed by atoms with Crippen LogP contribution in [0.25, 0.3) is 0 Å². The van der Waals surface area contributed by atoms with Gasteiger partial charge in [-0.05, 0) is 62.7 Å². The number of nitrogens with one attached hydrogen (secondary N) is 1. The number of nitrogens with two attached hydrogens (primary N) is 1. The van der Waals surface area contributed by atoms with Crippen LogP contribution in [0.3, 0.4) is 0 Å². The molecule has 0 aliphatic rings. The summed E-state index contributed by atoms with van der Waals surface area (Å²) in [6.07, 6.45) is 0. The van der Waals surface area contributed by atoms with Crippen molar-refractivity contribution in [2.24, 2.45) is 5.14 Å². The molecular weight excluding hydrogens is 406 g/mol. The molecule has 0 radical (unpaired) electrons. The molecule has 2 aromatic carbocycles. The number of hydrogen-bond donors (Lipinski definition) is 2. The van der Waals surface area contributed by atoms with Crippen LogP contribution in [-0.4, -0.2) is 19.5 Å². The first-order chi connectivity index (χ1) is 14.1. The number of aryl methyl sites for hydroxylation is 2. The minimum Gasteiger partial charge on any atom is -0.489 e. The summed E-state index contributed by atoms with van der Waals surface area (Å²) in [5.74, 6) is 1.09. The molecule has 3 N–H and O–H groups in total. The van der Waals surface area contributed by atoms with Crippen molar-refractivity contribution >= 4 is 15.9 Å². The van der Waals surface area contributed by atoms with E-state index < -0.39 is 10.0 Å². The van der Waals surface area contributed by atoms with Gasteiger partial charge in [-0.2, -0.15) is 0 Å². The smallest absolute Gasteiger partial charge is 0.251 e. The topological polar surface area (TPSA) is 125 Å². The molecule has 0 fully saturated rings. The van der Waals surface area contributed by atoms with E-state index >= 15 is 0 Å². The largest absolute Gasteiger partial charge is 0.489 e. The Bertz CT molecular complexity index is 1120. The molecule has 0 saturated carbocycles. The highest BCUT2D eigenvalue weighted by Gasteiger charge is 2.14. The Morgan fingerprint density at radius 3 is 2.30 bits per heavy atom. The number of sulfonamides is 1. The first-order valence-electron chi connectivity index (χ1n) is 9.23. The number of aromatic nitrogens is 1. The highest BCUT2D eigenvalue weighted by molar-refractivity contribution is 7.89. The van der Waals surface area contributed by atoms with E-state index in [-0.39, 0.29) is 16.8 Å². The minimum atomic E-state index is -3.75. The molecule has 0 bridgehead atoms. The zero-order chi connectivity index (χ0) is 21.9. The molecule has 1 atom stereocenters. The lowest BCUT2D eigenvalue weighted by molar-refractivity contribution is 0.0940. The number of ether oxygens (including phenoxy) is 1. The second-order valence-electron chi connectivity index (χ2n) is 6.92. The van der Waals surface area contributed by atoms with Gasteiger partial charge in [0, 0.05) is 5.56 Å². The van der Waals surface area contributed by atoms with Gasteiger partial charge in [0.05, 0.1) is 22.2 Å². The Balaban J connectivity index is 1.60. The van der Waals surface area contributed by atoms with Gasteiger partial charge in [0.2, 0.25) is 10.0 Å². The molecule has 0 aliphatic carbocycles. The monoisotopic (exact) mass is 429 g/mol. The maximum absolute atomic E-state index is 12.5. The maximum Gasteiger partial charge on any atom is 0.251 e. The third-order valence-corrected chi connectivity index (χ3v) is 5.67. The summed E-state index contributed by atoms with van der Waals surface area (Å²) in [5.41, 5.74) is 2.93. The Labute approximate surface area is 175 Å². The predicted molar refractivity (Wildman–Crippen MR) is 110 cm³/mol. The van der Waals surface area contributed by atoms with Gasteiger partial charge in [0.15, 0.2) is 0 Å². The molecule has 158 valence electrons. The summed E-state index contributed by atoms with van der Waals surface area (Å²) in [6.45, 7) is 5.82. The van der Waals surface area contributed by atoms with Crippen molar-refractivity contribution in [1.29, 1.82) is 0 Å². The molecule has 1 amide bonds. The van der Waals surface area contributed by atoms with Crippen molar-refractivity contribution in [3.05, 3.63) is 76.7 Å². The van der Waals surface area contributed by atoms with E-state index in [9.17, 15) is 13.2 Å². The number of benzene rings is 2. The van der Waals surface area contributed by atoms with E-state index in [0.29, 0.717) is 17.9 Å². The third-order valence-electron chi connectivity index (χ3n) is 4.74. The fraction of sp³-hybridized carbons (Fsp3) is 0.238. The quantitative estimate of drug-likeness (QED) is 0.595. The molecule has 0 saturated heterocycles. The molecule has 8 nitrogen and oxygen atoms in total. The van der Waals surface area contributed by atoms with Crippen molar-refractivity contribution < 1.29 is 22.5 Å². The molecule has 9 heteroatoms. The van der Waals surface area contributed by atoms with Crippen LogP contribution in [0, 0.1) is 13.8 Å². The van der Waals surface area contributed by atoms with Gasteiger partial charge in [-0.25, -0.2) is 13.6 Å². The van der Waals surface area contributed by atoms with E-state index in [4.69, 9.17) is 14.4 Å². The summed E-state index contributed by atoms with van der Waals surface area (Å²) in [5, 5.41) is 11.9. The van der Waals surface area contributed by atoms with Crippen LogP contribution in [0.15, 0.2) is 57.9 Å². The average Bonchev–Trinajstić information content (AvgIpc) is 3.03. The van der Waals surface area contributed by atoms with E-state index in [2.05, 4.69) is 10.5 Å². The Morgan fingerprint density at radius 2 is 1.77 bits per heavy atom. The molecule has 1 heterocycles. The van der Waals surface area contributed by atoms with Crippen molar-refractivity contribution in [1.82, 2.24) is 10.5 Å². The van der Waals surface area contributed by atoms with Gasteiger partial charge >= 0.3 is 0 Å². The lowest BCUT2D eigenvalue weighted by atomic mass is 10.1. The molecule has 30 heavy (non-hydrogen) atoms. The van der Waals surface area contributed by atoms with Crippen molar-refractivity contribution in [2.45, 2.75) is 38.3 Å². The first-order valence-corrected chi connectivity index (χ1v) is 10.8. The van der Waals surface area contributed by atoms with Crippen LogP contribution >= 0.6 is 0 Å². The molecule has 3 rings (SSSR count). The van der Waals surface area contributed by atoms with Crippen LogP contribution in [0.2, 0.25) is 0 Å². The second kappa shape index (κ2) is 8.68. The SMILES string of the molecule is Cc1noc(C)c1COc1ccc(C(=O)NC(C)c2ccc(S(N)(=O)=O)cc2)cc1. The van der Waals surface area contributed by atoms with E-state index in [1.807, 2.05) is 20.8 Å². The van der Waals surface area contributed by atoms with Gasteiger partial charge in [-0.1, -0.05) is 17.3 Å². The van der Waals surface area contributed by atoms with Crippen LogP contribution in [0.5, 0.6) is 5.75 Å². The molecule has 1 unspecified atom stereocenters. The Hall–Kier alpha value is -3.17. The zero-order valence-corrected chi connectivity index (χ0v) is 17.7. The highest BCUT2D eigenvalue weighted by atomic mass is 32.2. The molecular formula is C21H23N3O5S. The Morgan fingerprint density at radius 1 is 1.13 bits per heavy atom. The fourth-order valence-corrected chi connectivity index (χ4v) is 3.39. The number of rotatable bonds is 7. The minimum absolute atomic E-state index is 0.0250. The van der Waals surface area contributed by atoms with Crippen LogP contribution in [0.4, 0.5) is 0 Å². The summed E-state index contributed by atoms with van der Waals surface area (Å²) < 4.78 is 33.5. The number of nitrogens with zero attached hydrogens (tertiary/aromatic N) is 1. The van der Waals surface area contributed by atoms with Crippen LogP contribution in [0.1, 0.15) is 45.9 Å². The summed E-state index contributed by atoms with van der Waals surface area (Å²) >= 11 is 0. The van der Waals surface area contributed by atoms with E-state index in [1.54, 1.807) is 36.4 Å². The second-order valence-corrected chi connectivity index (χ2v) is 8.49. The van der Waals surface area contributed by atoms with E-state index in [1.165, 1.54) is 12.1 Å². The summed E-state index contributed by atoms with van der Waals surface area (Å²) in [7, 11) is -3.75. The van der Waals surface area contributed by atoms with Crippen molar-refractivity contribution in [2.75, 3.05) is 0 Å². The summed E-state index contributed by atoms with van der Waals surface area (Å²) in [6, 6.07) is 12.5.